The average molecular weight is 234 g/mol. The fraction of sp³-hybridized carbons (Fsp3) is 0.429. The summed E-state index contributed by atoms with van der Waals surface area (Å²) >= 11 is 4.84. The molecule has 1 aromatic rings. The normalized spacial score (nSPS) is 11.5. The lowest BCUT2D eigenvalue weighted by Gasteiger charge is -2.03. The summed E-state index contributed by atoms with van der Waals surface area (Å²) in [6.45, 7) is 0.258. The smallest absolute Gasteiger partial charge is 0.251 e. The molecular formula is C7H10N2O3S2. The topological polar surface area (TPSA) is 71.9 Å². The van der Waals surface area contributed by atoms with Gasteiger partial charge in [-0.05, 0) is 12.2 Å². The second kappa shape index (κ2) is 4.05. The number of hydrogen-bond acceptors (Lipinski definition) is 4. The Kier molecular flexibility index (Phi) is 3.22. The summed E-state index contributed by atoms with van der Waals surface area (Å²) in [6.07, 6.45) is 2.63. The van der Waals surface area contributed by atoms with Crippen molar-refractivity contribution in [3.8, 4) is 0 Å². The number of nitrogens with zero attached hydrogens (tertiary/aromatic N) is 1. The fourth-order valence-electron chi connectivity index (χ4n) is 0.884. The fourth-order valence-corrected chi connectivity index (χ4v) is 1.67. The van der Waals surface area contributed by atoms with Gasteiger partial charge in [-0.1, -0.05) is 0 Å². The highest BCUT2D eigenvalue weighted by Gasteiger charge is 2.02. The first-order valence-electron chi connectivity index (χ1n) is 3.86. The van der Waals surface area contributed by atoms with Crippen molar-refractivity contribution < 1.29 is 8.42 Å². The number of aromatic nitrogens is 2. The van der Waals surface area contributed by atoms with E-state index in [2.05, 4.69) is 4.98 Å². The Bertz CT molecular complexity index is 526. The Balaban J connectivity index is 2.89. The molecule has 7 heteroatoms. The van der Waals surface area contributed by atoms with Crippen LogP contribution in [-0.2, 0) is 16.4 Å². The monoisotopic (exact) mass is 234 g/mol. The van der Waals surface area contributed by atoms with Crippen LogP contribution in [-0.4, -0.2) is 30.0 Å². The maximum Gasteiger partial charge on any atom is 0.251 e. The zero-order valence-electron chi connectivity index (χ0n) is 7.56. The first kappa shape index (κ1) is 11.1. The maximum atomic E-state index is 10.9. The van der Waals surface area contributed by atoms with Crippen molar-refractivity contribution in [3.63, 3.8) is 0 Å². The molecule has 1 rings (SSSR count). The van der Waals surface area contributed by atoms with Gasteiger partial charge < -0.3 is 4.57 Å². The first-order chi connectivity index (χ1) is 6.38. The number of rotatable bonds is 3. The standard InChI is InChI=1S/C7H10N2O3S2/c1-14(11,12)5-4-9-3-2-6(10)8-7(9)13/h2-3H,4-5H2,1H3,(H,8,10,13). The highest BCUT2D eigenvalue weighted by Crippen LogP contribution is 1.90. The van der Waals surface area contributed by atoms with Crippen LogP contribution in [0.3, 0.4) is 0 Å². The highest BCUT2D eigenvalue weighted by molar-refractivity contribution is 7.90. The lowest BCUT2D eigenvalue weighted by Crippen LogP contribution is -2.16. The van der Waals surface area contributed by atoms with E-state index in [-0.39, 0.29) is 22.6 Å². The van der Waals surface area contributed by atoms with Gasteiger partial charge in [0, 0.05) is 25.1 Å². The van der Waals surface area contributed by atoms with Crippen molar-refractivity contribution in [1.29, 1.82) is 0 Å². The summed E-state index contributed by atoms with van der Waals surface area (Å²) in [4.78, 5) is 13.2. The summed E-state index contributed by atoms with van der Waals surface area (Å²) in [5, 5.41) is 0. The van der Waals surface area contributed by atoms with E-state index < -0.39 is 9.84 Å². The lowest BCUT2D eigenvalue weighted by atomic mass is 10.6. The summed E-state index contributed by atoms with van der Waals surface area (Å²) in [5.74, 6) is 0.00729. The molecule has 0 saturated heterocycles. The molecule has 78 valence electrons. The Morgan fingerprint density at radius 3 is 2.71 bits per heavy atom. The molecule has 0 saturated carbocycles. The average Bonchev–Trinajstić information content (AvgIpc) is 2.00. The molecule has 0 fully saturated rings. The van der Waals surface area contributed by atoms with Crippen LogP contribution in [0.15, 0.2) is 17.1 Å². The summed E-state index contributed by atoms with van der Waals surface area (Å²) in [7, 11) is -3.01. The van der Waals surface area contributed by atoms with Gasteiger partial charge in [-0.2, -0.15) is 0 Å². The van der Waals surface area contributed by atoms with Gasteiger partial charge in [0.1, 0.15) is 9.84 Å². The molecule has 1 aromatic heterocycles. The number of hydrogen-bond donors (Lipinski definition) is 1. The number of sulfone groups is 1. The van der Waals surface area contributed by atoms with Gasteiger partial charge in [0.25, 0.3) is 5.56 Å². The second-order valence-corrected chi connectivity index (χ2v) is 5.58. The molecule has 5 nitrogen and oxygen atoms in total. The number of H-pyrrole nitrogens is 1. The van der Waals surface area contributed by atoms with E-state index in [1.165, 1.54) is 16.8 Å². The molecule has 0 aliphatic heterocycles. The maximum absolute atomic E-state index is 10.9. The zero-order chi connectivity index (χ0) is 10.8. The minimum atomic E-state index is -3.01. The predicted molar refractivity (Wildman–Crippen MR) is 55.6 cm³/mol. The van der Waals surface area contributed by atoms with Gasteiger partial charge in [0.15, 0.2) is 4.77 Å². The van der Waals surface area contributed by atoms with Crippen LogP contribution in [0.2, 0.25) is 0 Å². The Morgan fingerprint density at radius 2 is 2.21 bits per heavy atom. The summed E-state index contributed by atoms with van der Waals surface area (Å²) in [6, 6.07) is 1.30. The molecule has 1 N–H and O–H groups in total. The number of nitrogens with one attached hydrogen (secondary N) is 1. The summed E-state index contributed by atoms with van der Waals surface area (Å²) in [5.41, 5.74) is -0.286. The van der Waals surface area contributed by atoms with E-state index >= 15 is 0 Å². The first-order valence-corrected chi connectivity index (χ1v) is 6.33. The lowest BCUT2D eigenvalue weighted by molar-refractivity contribution is 0.592. The molecule has 0 radical (unpaired) electrons. The predicted octanol–water partition coefficient (Wildman–Crippen LogP) is -0.0495. The minimum absolute atomic E-state index is 0.00729. The van der Waals surface area contributed by atoms with Crippen molar-refractivity contribution in [2.45, 2.75) is 6.54 Å². The third-order valence-corrected chi connectivity index (χ3v) is 2.86. The van der Waals surface area contributed by atoms with Crippen molar-refractivity contribution in [2.24, 2.45) is 0 Å². The third-order valence-electron chi connectivity index (χ3n) is 1.60. The zero-order valence-corrected chi connectivity index (χ0v) is 9.19. The van der Waals surface area contributed by atoms with Crippen molar-refractivity contribution in [3.05, 3.63) is 27.4 Å². The van der Waals surface area contributed by atoms with Crippen LogP contribution in [0.5, 0.6) is 0 Å². The van der Waals surface area contributed by atoms with Gasteiger partial charge in [-0.15, -0.1) is 0 Å². The molecule has 0 unspecified atom stereocenters. The van der Waals surface area contributed by atoms with Gasteiger partial charge in [-0.3, -0.25) is 9.78 Å². The molecule has 1 heterocycles. The van der Waals surface area contributed by atoms with E-state index in [9.17, 15) is 13.2 Å². The van der Waals surface area contributed by atoms with Crippen molar-refractivity contribution in [2.75, 3.05) is 12.0 Å². The van der Waals surface area contributed by atoms with E-state index in [1.807, 2.05) is 0 Å². The van der Waals surface area contributed by atoms with Crippen LogP contribution in [0, 0.1) is 4.77 Å². The number of aryl methyl sites for hydroxylation is 1. The Hall–Kier alpha value is -0.950. The second-order valence-electron chi connectivity index (χ2n) is 2.93. The van der Waals surface area contributed by atoms with Gasteiger partial charge in [0.2, 0.25) is 0 Å². The summed E-state index contributed by atoms with van der Waals surface area (Å²) < 4.78 is 23.5. The van der Waals surface area contributed by atoms with E-state index in [4.69, 9.17) is 12.2 Å². The van der Waals surface area contributed by atoms with Crippen LogP contribution in [0.25, 0.3) is 0 Å². The van der Waals surface area contributed by atoms with E-state index in [1.54, 1.807) is 0 Å². The van der Waals surface area contributed by atoms with Crippen LogP contribution >= 0.6 is 12.2 Å². The van der Waals surface area contributed by atoms with Crippen LogP contribution in [0.1, 0.15) is 0 Å². The SMILES string of the molecule is CS(=O)(=O)CCn1ccc(=O)[nH]c1=S. The number of aromatic amines is 1. The van der Waals surface area contributed by atoms with Gasteiger partial charge >= 0.3 is 0 Å². The van der Waals surface area contributed by atoms with E-state index in [0.29, 0.717) is 0 Å². The highest BCUT2D eigenvalue weighted by atomic mass is 32.2. The molecule has 0 amide bonds. The molecule has 0 bridgehead atoms. The Labute approximate surface area is 86.3 Å². The van der Waals surface area contributed by atoms with Crippen LogP contribution < -0.4 is 5.56 Å². The quantitative estimate of drug-likeness (QED) is 0.744. The van der Waals surface area contributed by atoms with E-state index in [0.717, 1.165) is 6.26 Å². The molecule has 0 aromatic carbocycles. The molecule has 0 aliphatic carbocycles. The largest absolute Gasteiger partial charge is 0.324 e. The third kappa shape index (κ3) is 3.43. The van der Waals surface area contributed by atoms with Crippen LogP contribution in [0.4, 0.5) is 0 Å². The van der Waals surface area contributed by atoms with Gasteiger partial charge in [-0.25, -0.2) is 8.42 Å². The molecule has 14 heavy (non-hydrogen) atoms. The molecule has 0 aliphatic rings. The molecular weight excluding hydrogens is 224 g/mol. The molecule has 0 atom stereocenters. The Morgan fingerprint density at radius 1 is 1.57 bits per heavy atom. The van der Waals surface area contributed by atoms with Gasteiger partial charge in [0.05, 0.1) is 5.75 Å². The van der Waals surface area contributed by atoms with Crippen molar-refractivity contribution in [1.82, 2.24) is 9.55 Å². The van der Waals surface area contributed by atoms with Crippen molar-refractivity contribution >= 4 is 22.1 Å². The minimum Gasteiger partial charge on any atom is -0.324 e. The molecule has 0 spiro atoms.